The standard InChI is InChI=1S/C17H25N3O3/c1-4-20(5-2)17(23)16(14-9-7-6-8-10-14)19-15(22)11-12-18-13(3)21/h6-10,16H,4-5,11-12H2,1-3H3,(H,18,21)(H,19,22)/t16-/m0/s1. The number of hydrogen-bond acceptors (Lipinski definition) is 3. The van der Waals surface area contributed by atoms with Crippen molar-refractivity contribution in [2.24, 2.45) is 0 Å². The molecule has 0 aliphatic rings. The molecule has 0 aliphatic carbocycles. The third kappa shape index (κ3) is 6.10. The predicted molar refractivity (Wildman–Crippen MR) is 88.6 cm³/mol. The average molecular weight is 319 g/mol. The number of rotatable bonds is 8. The van der Waals surface area contributed by atoms with Crippen LogP contribution >= 0.6 is 0 Å². The summed E-state index contributed by atoms with van der Waals surface area (Å²) in [4.78, 5) is 37.3. The molecule has 6 heteroatoms. The van der Waals surface area contributed by atoms with Crippen LogP contribution < -0.4 is 10.6 Å². The lowest BCUT2D eigenvalue weighted by Crippen LogP contribution is -2.43. The van der Waals surface area contributed by atoms with E-state index in [0.717, 1.165) is 5.56 Å². The zero-order valence-electron chi connectivity index (χ0n) is 14.0. The molecule has 0 aliphatic heterocycles. The van der Waals surface area contributed by atoms with E-state index >= 15 is 0 Å². The van der Waals surface area contributed by atoms with Crippen LogP contribution in [0.5, 0.6) is 0 Å². The minimum atomic E-state index is -0.707. The van der Waals surface area contributed by atoms with Crippen LogP contribution in [0.15, 0.2) is 30.3 Å². The van der Waals surface area contributed by atoms with Gasteiger partial charge >= 0.3 is 0 Å². The Morgan fingerprint density at radius 1 is 1.09 bits per heavy atom. The summed E-state index contributed by atoms with van der Waals surface area (Å²) in [6, 6.07) is 8.46. The van der Waals surface area contributed by atoms with E-state index in [1.807, 2.05) is 44.2 Å². The first-order valence-electron chi connectivity index (χ1n) is 7.87. The van der Waals surface area contributed by atoms with Gasteiger partial charge in [0.15, 0.2) is 0 Å². The van der Waals surface area contributed by atoms with Crippen LogP contribution in [0.2, 0.25) is 0 Å². The zero-order valence-corrected chi connectivity index (χ0v) is 14.0. The first-order valence-corrected chi connectivity index (χ1v) is 7.87. The molecule has 0 saturated carbocycles. The van der Waals surface area contributed by atoms with Crippen molar-refractivity contribution in [3.8, 4) is 0 Å². The maximum absolute atomic E-state index is 12.7. The molecule has 0 fully saturated rings. The monoisotopic (exact) mass is 319 g/mol. The highest BCUT2D eigenvalue weighted by atomic mass is 16.2. The molecule has 23 heavy (non-hydrogen) atoms. The van der Waals surface area contributed by atoms with Crippen LogP contribution in [0.4, 0.5) is 0 Å². The van der Waals surface area contributed by atoms with Crippen molar-refractivity contribution in [3.63, 3.8) is 0 Å². The summed E-state index contributed by atoms with van der Waals surface area (Å²) in [5, 5.41) is 5.34. The van der Waals surface area contributed by atoms with Gasteiger partial charge in [-0.05, 0) is 19.4 Å². The third-order valence-corrected chi connectivity index (χ3v) is 3.49. The highest BCUT2D eigenvalue weighted by molar-refractivity contribution is 5.89. The summed E-state index contributed by atoms with van der Waals surface area (Å²) in [5.74, 6) is -0.584. The Labute approximate surface area is 137 Å². The van der Waals surface area contributed by atoms with Crippen molar-refractivity contribution in [2.45, 2.75) is 33.2 Å². The second kappa shape index (κ2) is 9.61. The van der Waals surface area contributed by atoms with E-state index in [0.29, 0.717) is 13.1 Å². The number of benzene rings is 1. The summed E-state index contributed by atoms with van der Waals surface area (Å²) in [5.41, 5.74) is 0.747. The smallest absolute Gasteiger partial charge is 0.249 e. The molecule has 0 radical (unpaired) electrons. The Kier molecular flexibility index (Phi) is 7.80. The number of likely N-dealkylation sites (N-methyl/N-ethyl adjacent to an activating group) is 1. The SMILES string of the molecule is CCN(CC)C(=O)[C@@H](NC(=O)CCNC(C)=O)c1ccccc1. The van der Waals surface area contributed by atoms with E-state index in [1.165, 1.54) is 6.92 Å². The number of carbonyl (C=O) groups is 3. The highest BCUT2D eigenvalue weighted by Gasteiger charge is 2.25. The summed E-state index contributed by atoms with van der Waals surface area (Å²) >= 11 is 0. The number of hydrogen-bond donors (Lipinski definition) is 2. The minimum absolute atomic E-state index is 0.130. The van der Waals surface area contributed by atoms with E-state index in [4.69, 9.17) is 0 Å². The van der Waals surface area contributed by atoms with Crippen LogP contribution in [0, 0.1) is 0 Å². The normalized spacial score (nSPS) is 11.4. The Bertz CT molecular complexity index is 527. The second-order valence-corrected chi connectivity index (χ2v) is 5.15. The molecule has 0 spiro atoms. The lowest BCUT2D eigenvalue weighted by molar-refractivity contribution is -0.136. The van der Waals surface area contributed by atoms with Crippen molar-refractivity contribution in [2.75, 3.05) is 19.6 Å². The lowest BCUT2D eigenvalue weighted by Gasteiger charge is -2.26. The van der Waals surface area contributed by atoms with Gasteiger partial charge in [0.2, 0.25) is 17.7 Å². The number of amides is 3. The topological polar surface area (TPSA) is 78.5 Å². The Balaban J connectivity index is 2.82. The maximum atomic E-state index is 12.7. The van der Waals surface area contributed by atoms with Crippen molar-refractivity contribution < 1.29 is 14.4 Å². The summed E-state index contributed by atoms with van der Waals surface area (Å²) in [7, 11) is 0. The first-order chi connectivity index (χ1) is 11.0. The third-order valence-electron chi connectivity index (χ3n) is 3.49. The number of carbonyl (C=O) groups excluding carboxylic acids is 3. The second-order valence-electron chi connectivity index (χ2n) is 5.15. The van der Waals surface area contributed by atoms with Crippen molar-refractivity contribution in [1.29, 1.82) is 0 Å². The van der Waals surface area contributed by atoms with Gasteiger partial charge in [0.1, 0.15) is 6.04 Å². The van der Waals surface area contributed by atoms with E-state index < -0.39 is 6.04 Å². The number of nitrogens with one attached hydrogen (secondary N) is 2. The van der Waals surface area contributed by atoms with Gasteiger partial charge in [0.05, 0.1) is 0 Å². The van der Waals surface area contributed by atoms with Gasteiger partial charge in [-0.15, -0.1) is 0 Å². The number of nitrogens with zero attached hydrogens (tertiary/aromatic N) is 1. The molecule has 126 valence electrons. The average Bonchev–Trinajstić information content (AvgIpc) is 2.54. The Morgan fingerprint density at radius 3 is 2.22 bits per heavy atom. The molecule has 3 amide bonds. The molecule has 2 N–H and O–H groups in total. The molecule has 1 aromatic carbocycles. The largest absolute Gasteiger partial charge is 0.356 e. The first kappa shape index (κ1) is 18.7. The van der Waals surface area contributed by atoms with Gasteiger partial charge in [0.25, 0.3) is 0 Å². The van der Waals surface area contributed by atoms with Gasteiger partial charge in [-0.25, -0.2) is 0 Å². The van der Waals surface area contributed by atoms with Crippen molar-refractivity contribution >= 4 is 17.7 Å². The minimum Gasteiger partial charge on any atom is -0.356 e. The summed E-state index contributed by atoms with van der Waals surface area (Å²) in [6.07, 6.45) is 0.133. The lowest BCUT2D eigenvalue weighted by atomic mass is 10.1. The fraction of sp³-hybridized carbons (Fsp3) is 0.471. The van der Waals surface area contributed by atoms with Crippen LogP contribution in [0.25, 0.3) is 0 Å². The van der Waals surface area contributed by atoms with Gasteiger partial charge in [-0.3, -0.25) is 14.4 Å². The summed E-state index contributed by atoms with van der Waals surface area (Å²) < 4.78 is 0. The van der Waals surface area contributed by atoms with Crippen molar-refractivity contribution in [1.82, 2.24) is 15.5 Å². The molecule has 0 saturated heterocycles. The van der Waals surface area contributed by atoms with Crippen LogP contribution in [-0.2, 0) is 14.4 Å². The quantitative estimate of drug-likeness (QED) is 0.756. The molecule has 0 bridgehead atoms. The molecule has 6 nitrogen and oxygen atoms in total. The van der Waals surface area contributed by atoms with Crippen molar-refractivity contribution in [3.05, 3.63) is 35.9 Å². The molecule has 0 heterocycles. The fourth-order valence-electron chi connectivity index (χ4n) is 2.24. The van der Waals surface area contributed by atoms with E-state index in [1.54, 1.807) is 4.90 Å². The molecular formula is C17H25N3O3. The van der Waals surface area contributed by atoms with E-state index in [-0.39, 0.29) is 30.7 Å². The molecule has 1 aromatic rings. The van der Waals surface area contributed by atoms with E-state index in [2.05, 4.69) is 10.6 Å². The molecule has 0 aromatic heterocycles. The predicted octanol–water partition coefficient (Wildman–Crippen LogP) is 1.24. The Morgan fingerprint density at radius 2 is 1.70 bits per heavy atom. The molecule has 0 unspecified atom stereocenters. The molecule has 1 atom stereocenters. The van der Waals surface area contributed by atoms with Gasteiger partial charge in [-0.1, -0.05) is 30.3 Å². The zero-order chi connectivity index (χ0) is 17.2. The molecular weight excluding hydrogens is 294 g/mol. The fourth-order valence-corrected chi connectivity index (χ4v) is 2.24. The molecule has 1 rings (SSSR count). The van der Waals surface area contributed by atoms with E-state index in [9.17, 15) is 14.4 Å². The van der Waals surface area contributed by atoms with Gasteiger partial charge < -0.3 is 15.5 Å². The van der Waals surface area contributed by atoms with Gasteiger partial charge in [0, 0.05) is 33.0 Å². The summed E-state index contributed by atoms with van der Waals surface area (Å²) in [6.45, 7) is 6.63. The van der Waals surface area contributed by atoms with Crippen LogP contribution in [0.3, 0.4) is 0 Å². The highest BCUT2D eigenvalue weighted by Crippen LogP contribution is 2.16. The van der Waals surface area contributed by atoms with Crippen LogP contribution in [-0.4, -0.2) is 42.3 Å². The van der Waals surface area contributed by atoms with Gasteiger partial charge in [-0.2, -0.15) is 0 Å². The maximum Gasteiger partial charge on any atom is 0.249 e. The Hall–Kier alpha value is -2.37. The van der Waals surface area contributed by atoms with Crippen LogP contribution in [0.1, 0.15) is 38.8 Å².